The van der Waals surface area contributed by atoms with E-state index in [0.29, 0.717) is 5.92 Å². The fourth-order valence-electron chi connectivity index (χ4n) is 3.82. The Bertz CT molecular complexity index is 560. The van der Waals surface area contributed by atoms with Crippen molar-refractivity contribution in [3.8, 4) is 5.75 Å². The molecule has 1 fully saturated rings. The lowest BCUT2D eigenvalue weighted by Crippen LogP contribution is -2.40. The van der Waals surface area contributed by atoms with Gasteiger partial charge in [0.15, 0.2) is 0 Å². The molecule has 0 bridgehead atoms. The third kappa shape index (κ3) is 3.12. The van der Waals surface area contributed by atoms with E-state index >= 15 is 0 Å². The smallest absolute Gasteiger partial charge is 0.118 e. The summed E-state index contributed by atoms with van der Waals surface area (Å²) < 4.78 is 5.22. The van der Waals surface area contributed by atoms with Gasteiger partial charge in [0, 0.05) is 5.92 Å². The standard InChI is InChI=1S/C20H26O2/c1-15-3-7-18(8-4-15)20(21)13-11-17(12-14-20)16-5-9-19(22-2)10-6-16/h3-7,9-10,17-18,21H,8,11-14H2,1-2H3. The molecule has 0 saturated heterocycles. The average molecular weight is 298 g/mol. The summed E-state index contributed by atoms with van der Waals surface area (Å²) in [6.07, 6.45) is 11.5. The second kappa shape index (κ2) is 6.29. The van der Waals surface area contributed by atoms with Crippen LogP contribution in [0, 0.1) is 5.92 Å². The molecule has 0 aromatic heterocycles. The predicted molar refractivity (Wildman–Crippen MR) is 90.2 cm³/mol. The van der Waals surface area contributed by atoms with Crippen LogP contribution in [0.4, 0.5) is 0 Å². The molecule has 0 aliphatic heterocycles. The summed E-state index contributed by atoms with van der Waals surface area (Å²) in [5, 5.41) is 11.0. The fourth-order valence-corrected chi connectivity index (χ4v) is 3.82. The molecule has 1 unspecified atom stereocenters. The Hall–Kier alpha value is -1.54. The van der Waals surface area contributed by atoms with E-state index in [-0.39, 0.29) is 5.92 Å². The number of allylic oxidation sites excluding steroid dienone is 3. The van der Waals surface area contributed by atoms with E-state index in [1.54, 1.807) is 7.11 Å². The van der Waals surface area contributed by atoms with Gasteiger partial charge in [-0.25, -0.2) is 0 Å². The normalized spacial score (nSPS) is 31.7. The van der Waals surface area contributed by atoms with Crippen molar-refractivity contribution >= 4 is 0 Å². The summed E-state index contributed by atoms with van der Waals surface area (Å²) in [6, 6.07) is 8.40. The number of methoxy groups -OCH3 is 1. The zero-order chi connectivity index (χ0) is 15.6. The number of aliphatic hydroxyl groups is 1. The van der Waals surface area contributed by atoms with Crippen LogP contribution in [0.3, 0.4) is 0 Å². The molecule has 118 valence electrons. The first-order valence-corrected chi connectivity index (χ1v) is 8.32. The third-order valence-corrected chi connectivity index (χ3v) is 5.41. The van der Waals surface area contributed by atoms with Gasteiger partial charge >= 0.3 is 0 Å². The molecule has 2 heteroatoms. The van der Waals surface area contributed by atoms with Crippen LogP contribution < -0.4 is 4.74 Å². The Morgan fingerprint density at radius 2 is 1.82 bits per heavy atom. The molecule has 1 atom stereocenters. The Balaban J connectivity index is 1.63. The van der Waals surface area contributed by atoms with Crippen molar-refractivity contribution in [2.24, 2.45) is 5.92 Å². The van der Waals surface area contributed by atoms with E-state index in [4.69, 9.17) is 4.74 Å². The predicted octanol–water partition coefficient (Wildman–Crippen LogP) is 4.61. The Morgan fingerprint density at radius 3 is 2.36 bits per heavy atom. The van der Waals surface area contributed by atoms with Crippen molar-refractivity contribution in [1.82, 2.24) is 0 Å². The average Bonchev–Trinajstić information content (AvgIpc) is 2.56. The number of benzene rings is 1. The number of rotatable bonds is 3. The maximum atomic E-state index is 11.0. The fraction of sp³-hybridized carbons (Fsp3) is 0.500. The van der Waals surface area contributed by atoms with Crippen LogP contribution in [0.1, 0.15) is 50.5 Å². The molecule has 2 nitrogen and oxygen atoms in total. The minimum Gasteiger partial charge on any atom is -0.497 e. The minimum atomic E-state index is -0.517. The molecule has 22 heavy (non-hydrogen) atoms. The van der Waals surface area contributed by atoms with Crippen LogP contribution in [-0.4, -0.2) is 17.8 Å². The lowest BCUT2D eigenvalue weighted by molar-refractivity contribution is -0.0367. The molecule has 3 rings (SSSR count). The highest BCUT2D eigenvalue weighted by Gasteiger charge is 2.39. The molecule has 0 spiro atoms. The molecular weight excluding hydrogens is 272 g/mol. The van der Waals surface area contributed by atoms with Crippen LogP contribution >= 0.6 is 0 Å². The monoisotopic (exact) mass is 298 g/mol. The number of hydrogen-bond acceptors (Lipinski definition) is 2. The second-order valence-corrected chi connectivity index (χ2v) is 6.80. The van der Waals surface area contributed by atoms with Gasteiger partial charge in [0.1, 0.15) is 5.75 Å². The SMILES string of the molecule is COc1ccc(C2CCC(O)(C3C=CC(C)=CC3)CC2)cc1. The Morgan fingerprint density at radius 1 is 1.14 bits per heavy atom. The first-order valence-electron chi connectivity index (χ1n) is 8.32. The van der Waals surface area contributed by atoms with E-state index in [2.05, 4.69) is 37.3 Å². The second-order valence-electron chi connectivity index (χ2n) is 6.80. The molecule has 2 aliphatic rings. The van der Waals surface area contributed by atoms with Gasteiger partial charge in [-0.15, -0.1) is 0 Å². The maximum absolute atomic E-state index is 11.0. The van der Waals surface area contributed by atoms with Crippen molar-refractivity contribution in [3.05, 3.63) is 53.6 Å². The zero-order valence-corrected chi connectivity index (χ0v) is 13.6. The summed E-state index contributed by atoms with van der Waals surface area (Å²) in [5.74, 6) is 1.76. The summed E-state index contributed by atoms with van der Waals surface area (Å²) >= 11 is 0. The summed E-state index contributed by atoms with van der Waals surface area (Å²) in [4.78, 5) is 0. The highest BCUT2D eigenvalue weighted by Crippen LogP contribution is 2.44. The quantitative estimate of drug-likeness (QED) is 0.883. The first kappa shape index (κ1) is 15.4. The van der Waals surface area contributed by atoms with Crippen molar-refractivity contribution in [1.29, 1.82) is 0 Å². The Kier molecular flexibility index (Phi) is 4.39. The van der Waals surface area contributed by atoms with E-state index in [0.717, 1.165) is 37.9 Å². The third-order valence-electron chi connectivity index (χ3n) is 5.41. The van der Waals surface area contributed by atoms with Gasteiger partial charge in [0.05, 0.1) is 12.7 Å². The molecule has 0 radical (unpaired) electrons. The number of hydrogen-bond donors (Lipinski definition) is 1. The highest BCUT2D eigenvalue weighted by atomic mass is 16.5. The van der Waals surface area contributed by atoms with E-state index in [1.807, 2.05) is 12.1 Å². The lowest BCUT2D eigenvalue weighted by Gasteiger charge is -2.41. The molecule has 1 aromatic rings. The van der Waals surface area contributed by atoms with Crippen LogP contribution in [0.2, 0.25) is 0 Å². The summed E-state index contributed by atoms with van der Waals surface area (Å²) in [7, 11) is 1.70. The van der Waals surface area contributed by atoms with Crippen molar-refractivity contribution in [3.63, 3.8) is 0 Å². The highest BCUT2D eigenvalue weighted by molar-refractivity contribution is 5.30. The largest absolute Gasteiger partial charge is 0.497 e. The number of ether oxygens (including phenoxy) is 1. The van der Waals surface area contributed by atoms with Gasteiger partial charge in [0.2, 0.25) is 0 Å². The van der Waals surface area contributed by atoms with Crippen LogP contribution in [0.15, 0.2) is 48.1 Å². The molecular formula is C20H26O2. The van der Waals surface area contributed by atoms with Gasteiger partial charge < -0.3 is 9.84 Å². The molecule has 1 N–H and O–H groups in total. The van der Waals surface area contributed by atoms with E-state index in [9.17, 15) is 5.11 Å². The van der Waals surface area contributed by atoms with Crippen molar-refractivity contribution < 1.29 is 9.84 Å². The van der Waals surface area contributed by atoms with Gasteiger partial charge in [-0.05, 0) is 62.6 Å². The van der Waals surface area contributed by atoms with Crippen LogP contribution in [-0.2, 0) is 0 Å². The molecule has 0 heterocycles. The molecule has 2 aliphatic carbocycles. The van der Waals surface area contributed by atoms with Crippen LogP contribution in [0.25, 0.3) is 0 Å². The van der Waals surface area contributed by atoms with Crippen molar-refractivity contribution in [2.45, 2.75) is 50.5 Å². The zero-order valence-electron chi connectivity index (χ0n) is 13.6. The van der Waals surface area contributed by atoms with Gasteiger partial charge in [-0.2, -0.15) is 0 Å². The van der Waals surface area contributed by atoms with E-state index < -0.39 is 5.60 Å². The summed E-state index contributed by atoms with van der Waals surface area (Å²) in [5.41, 5.74) is 2.17. The Labute approximate surface area is 133 Å². The van der Waals surface area contributed by atoms with Gasteiger partial charge in [-0.3, -0.25) is 0 Å². The van der Waals surface area contributed by atoms with Crippen molar-refractivity contribution in [2.75, 3.05) is 7.11 Å². The molecule has 1 saturated carbocycles. The molecule has 0 amide bonds. The summed E-state index contributed by atoms with van der Waals surface area (Å²) in [6.45, 7) is 2.12. The van der Waals surface area contributed by atoms with Crippen LogP contribution in [0.5, 0.6) is 5.75 Å². The minimum absolute atomic E-state index is 0.285. The molecule has 1 aromatic carbocycles. The maximum Gasteiger partial charge on any atom is 0.118 e. The van der Waals surface area contributed by atoms with Gasteiger partial charge in [-0.1, -0.05) is 35.9 Å². The first-order chi connectivity index (χ1) is 10.6. The van der Waals surface area contributed by atoms with Gasteiger partial charge in [0.25, 0.3) is 0 Å². The lowest BCUT2D eigenvalue weighted by atomic mass is 9.69. The topological polar surface area (TPSA) is 29.5 Å². The van der Waals surface area contributed by atoms with E-state index in [1.165, 1.54) is 11.1 Å².